The first-order chi connectivity index (χ1) is 14.3. The molecule has 8 heteroatoms. The molecule has 30 heavy (non-hydrogen) atoms. The second kappa shape index (κ2) is 8.86. The minimum absolute atomic E-state index is 0.0640. The van der Waals surface area contributed by atoms with Gasteiger partial charge in [-0.05, 0) is 50.2 Å². The summed E-state index contributed by atoms with van der Waals surface area (Å²) in [4.78, 5) is 24.6. The Kier molecular flexibility index (Phi) is 6.25. The van der Waals surface area contributed by atoms with Crippen LogP contribution in [-0.4, -0.2) is 32.7 Å². The van der Waals surface area contributed by atoms with Gasteiger partial charge in [-0.25, -0.2) is 9.18 Å². The van der Waals surface area contributed by atoms with E-state index in [0.717, 1.165) is 0 Å². The zero-order valence-electron chi connectivity index (χ0n) is 17.1. The Morgan fingerprint density at radius 2 is 1.90 bits per heavy atom. The second-order valence-corrected chi connectivity index (χ2v) is 6.67. The van der Waals surface area contributed by atoms with Crippen LogP contribution in [0, 0.1) is 12.7 Å². The quantitative estimate of drug-likeness (QED) is 0.589. The lowest BCUT2D eigenvalue weighted by molar-refractivity contribution is -0.124. The standard InChI is InChI=1S/C22H22FNO6/c1-12-16-9-14(23)5-7-19(16)30-21(12)22(26)29-11-20(25)24-13(2)17-10-15(27-3)6-8-18(17)28-4/h5-10,13H,11H2,1-4H3,(H,24,25)/t13-/m1/s1. The highest BCUT2D eigenvalue weighted by atomic mass is 19.1. The first-order valence-electron chi connectivity index (χ1n) is 9.21. The molecule has 1 aromatic heterocycles. The molecule has 7 nitrogen and oxygen atoms in total. The van der Waals surface area contributed by atoms with Crippen molar-refractivity contribution < 1.29 is 32.6 Å². The third-order valence-corrected chi connectivity index (χ3v) is 4.70. The third kappa shape index (κ3) is 4.37. The number of nitrogens with one attached hydrogen (secondary N) is 1. The van der Waals surface area contributed by atoms with Gasteiger partial charge in [-0.1, -0.05) is 0 Å². The molecule has 0 aliphatic heterocycles. The van der Waals surface area contributed by atoms with Crippen LogP contribution in [0.4, 0.5) is 4.39 Å². The van der Waals surface area contributed by atoms with Gasteiger partial charge < -0.3 is 23.9 Å². The molecule has 0 spiro atoms. The van der Waals surface area contributed by atoms with Crippen molar-refractivity contribution in [3.63, 3.8) is 0 Å². The fraction of sp³-hybridized carbons (Fsp3) is 0.273. The smallest absolute Gasteiger partial charge is 0.375 e. The van der Waals surface area contributed by atoms with Gasteiger partial charge in [0, 0.05) is 16.5 Å². The molecule has 1 amide bonds. The van der Waals surface area contributed by atoms with E-state index in [1.165, 1.54) is 25.3 Å². The molecule has 3 rings (SSSR count). The third-order valence-electron chi connectivity index (χ3n) is 4.70. The van der Waals surface area contributed by atoms with Gasteiger partial charge in [0.15, 0.2) is 6.61 Å². The van der Waals surface area contributed by atoms with E-state index in [2.05, 4.69) is 5.32 Å². The number of rotatable bonds is 7. The van der Waals surface area contributed by atoms with Crippen molar-refractivity contribution in [3.8, 4) is 11.5 Å². The molecule has 1 atom stereocenters. The number of aryl methyl sites for hydroxylation is 1. The number of halogens is 1. The molecule has 0 saturated carbocycles. The molecule has 3 aromatic rings. The Labute approximate surface area is 172 Å². The van der Waals surface area contributed by atoms with E-state index in [1.54, 1.807) is 39.2 Å². The van der Waals surface area contributed by atoms with Crippen molar-refractivity contribution in [2.75, 3.05) is 20.8 Å². The van der Waals surface area contributed by atoms with Crippen molar-refractivity contribution in [3.05, 3.63) is 59.1 Å². The van der Waals surface area contributed by atoms with Crippen LogP contribution < -0.4 is 14.8 Å². The molecule has 1 heterocycles. The molecule has 0 radical (unpaired) electrons. The van der Waals surface area contributed by atoms with Crippen LogP contribution in [0.2, 0.25) is 0 Å². The number of methoxy groups -OCH3 is 2. The summed E-state index contributed by atoms with van der Waals surface area (Å²) in [6, 6.07) is 8.78. The lowest BCUT2D eigenvalue weighted by atomic mass is 10.1. The molecule has 1 N–H and O–H groups in total. The van der Waals surface area contributed by atoms with Crippen molar-refractivity contribution in [2.45, 2.75) is 19.9 Å². The van der Waals surface area contributed by atoms with Gasteiger partial charge in [0.05, 0.1) is 20.3 Å². The minimum Gasteiger partial charge on any atom is -0.497 e. The highest BCUT2D eigenvalue weighted by molar-refractivity contribution is 5.96. The van der Waals surface area contributed by atoms with Gasteiger partial charge in [-0.15, -0.1) is 0 Å². The fourth-order valence-electron chi connectivity index (χ4n) is 3.12. The van der Waals surface area contributed by atoms with E-state index in [0.29, 0.717) is 33.6 Å². The summed E-state index contributed by atoms with van der Waals surface area (Å²) in [5.41, 5.74) is 1.53. The summed E-state index contributed by atoms with van der Waals surface area (Å²) in [7, 11) is 3.08. The summed E-state index contributed by atoms with van der Waals surface area (Å²) < 4.78 is 34.5. The van der Waals surface area contributed by atoms with Crippen LogP contribution in [0.1, 0.15) is 34.6 Å². The van der Waals surface area contributed by atoms with Crippen LogP contribution in [0.25, 0.3) is 11.0 Å². The molecule has 0 aliphatic rings. The number of fused-ring (bicyclic) bond motifs is 1. The molecule has 0 aliphatic carbocycles. The van der Waals surface area contributed by atoms with Gasteiger partial charge in [-0.2, -0.15) is 0 Å². The fourth-order valence-corrected chi connectivity index (χ4v) is 3.12. The van der Waals surface area contributed by atoms with E-state index in [-0.39, 0.29) is 5.76 Å². The SMILES string of the molecule is COc1ccc(OC)c([C@@H](C)NC(=O)COC(=O)c2oc3ccc(F)cc3c2C)c1. The van der Waals surface area contributed by atoms with Crippen molar-refractivity contribution in [1.82, 2.24) is 5.32 Å². The van der Waals surface area contributed by atoms with Crippen LogP contribution in [-0.2, 0) is 9.53 Å². The average molecular weight is 415 g/mol. The summed E-state index contributed by atoms with van der Waals surface area (Å²) in [5, 5.41) is 3.22. The lowest BCUT2D eigenvalue weighted by Gasteiger charge is -2.18. The molecule has 0 fully saturated rings. The average Bonchev–Trinajstić information content (AvgIpc) is 3.07. The molecule has 0 saturated heterocycles. The van der Waals surface area contributed by atoms with Crippen LogP contribution >= 0.6 is 0 Å². The molecule has 158 valence electrons. The van der Waals surface area contributed by atoms with Crippen molar-refractivity contribution in [1.29, 1.82) is 0 Å². The molecule has 0 bridgehead atoms. The van der Waals surface area contributed by atoms with Crippen LogP contribution in [0.15, 0.2) is 40.8 Å². The van der Waals surface area contributed by atoms with Gasteiger partial charge in [0.25, 0.3) is 5.91 Å². The van der Waals surface area contributed by atoms with E-state index >= 15 is 0 Å². The first kappa shape index (κ1) is 21.2. The number of ether oxygens (including phenoxy) is 3. The van der Waals surface area contributed by atoms with E-state index in [1.807, 2.05) is 0 Å². The number of carbonyl (C=O) groups is 2. The van der Waals surface area contributed by atoms with Gasteiger partial charge in [-0.3, -0.25) is 4.79 Å². The maximum absolute atomic E-state index is 13.4. The van der Waals surface area contributed by atoms with Crippen LogP contribution in [0.3, 0.4) is 0 Å². The van der Waals surface area contributed by atoms with Crippen LogP contribution in [0.5, 0.6) is 11.5 Å². The number of hydrogen-bond acceptors (Lipinski definition) is 6. The molecular weight excluding hydrogens is 393 g/mol. The Morgan fingerprint density at radius 1 is 1.13 bits per heavy atom. The number of esters is 1. The Bertz CT molecular complexity index is 1090. The summed E-state index contributed by atoms with van der Waals surface area (Å²) in [6.07, 6.45) is 0. The Hall–Kier alpha value is -3.55. The minimum atomic E-state index is -0.800. The summed E-state index contributed by atoms with van der Waals surface area (Å²) in [5.74, 6) is -0.592. The molecule has 2 aromatic carbocycles. The largest absolute Gasteiger partial charge is 0.497 e. The molecular formula is C22H22FNO6. The summed E-state index contributed by atoms with van der Waals surface area (Å²) in [6.45, 7) is 2.90. The normalized spacial score (nSPS) is 11.8. The Morgan fingerprint density at radius 3 is 2.60 bits per heavy atom. The highest BCUT2D eigenvalue weighted by Gasteiger charge is 2.21. The summed E-state index contributed by atoms with van der Waals surface area (Å²) >= 11 is 0. The number of carbonyl (C=O) groups excluding carboxylic acids is 2. The predicted molar refractivity (Wildman–Crippen MR) is 107 cm³/mol. The maximum atomic E-state index is 13.4. The predicted octanol–water partition coefficient (Wildman–Crippen LogP) is 3.93. The number of furan rings is 1. The van der Waals surface area contributed by atoms with Gasteiger partial charge in [0.1, 0.15) is 22.9 Å². The van der Waals surface area contributed by atoms with E-state index < -0.39 is 30.3 Å². The second-order valence-electron chi connectivity index (χ2n) is 6.67. The lowest BCUT2D eigenvalue weighted by Crippen LogP contribution is -2.31. The topological polar surface area (TPSA) is 87.0 Å². The number of hydrogen-bond donors (Lipinski definition) is 1. The first-order valence-corrected chi connectivity index (χ1v) is 9.21. The molecule has 0 unspecified atom stereocenters. The van der Waals surface area contributed by atoms with E-state index in [4.69, 9.17) is 18.6 Å². The number of amides is 1. The van der Waals surface area contributed by atoms with Gasteiger partial charge in [0.2, 0.25) is 5.76 Å². The van der Waals surface area contributed by atoms with Crippen molar-refractivity contribution in [2.24, 2.45) is 0 Å². The number of benzene rings is 2. The Balaban J connectivity index is 1.65. The monoisotopic (exact) mass is 415 g/mol. The zero-order valence-corrected chi connectivity index (χ0v) is 17.1. The van der Waals surface area contributed by atoms with Crippen molar-refractivity contribution >= 4 is 22.8 Å². The zero-order chi connectivity index (χ0) is 21.8. The maximum Gasteiger partial charge on any atom is 0.375 e. The highest BCUT2D eigenvalue weighted by Crippen LogP contribution is 2.29. The van der Waals surface area contributed by atoms with E-state index in [9.17, 15) is 14.0 Å². The van der Waals surface area contributed by atoms with Gasteiger partial charge >= 0.3 is 5.97 Å².